The van der Waals surface area contributed by atoms with E-state index >= 15 is 0 Å². The van der Waals surface area contributed by atoms with Gasteiger partial charge in [0.05, 0.1) is 18.3 Å². The van der Waals surface area contributed by atoms with Crippen molar-refractivity contribution in [3.63, 3.8) is 0 Å². The smallest absolute Gasteiger partial charge is 0.271 e. The van der Waals surface area contributed by atoms with Crippen molar-refractivity contribution in [2.45, 2.75) is 32.0 Å². The zero-order valence-corrected chi connectivity index (χ0v) is 16.3. The molecule has 0 spiro atoms. The van der Waals surface area contributed by atoms with Crippen molar-refractivity contribution in [3.8, 4) is 11.3 Å². The summed E-state index contributed by atoms with van der Waals surface area (Å²) in [4.78, 5) is 22.4. The molecule has 150 valence electrons. The van der Waals surface area contributed by atoms with Crippen LogP contribution in [0.1, 0.15) is 28.2 Å². The summed E-state index contributed by atoms with van der Waals surface area (Å²) in [5.74, 6) is 1.44. The molecule has 2 N–H and O–H groups in total. The molecule has 29 heavy (non-hydrogen) atoms. The fourth-order valence-electron chi connectivity index (χ4n) is 3.64. The van der Waals surface area contributed by atoms with Gasteiger partial charge in [-0.05, 0) is 37.1 Å². The Labute approximate surface area is 169 Å². The molecule has 2 atom stereocenters. The predicted molar refractivity (Wildman–Crippen MR) is 108 cm³/mol. The normalized spacial score (nSPS) is 19.8. The van der Waals surface area contributed by atoms with Crippen LogP contribution in [0.3, 0.4) is 0 Å². The lowest BCUT2D eigenvalue weighted by molar-refractivity contribution is 0.0348. The summed E-state index contributed by atoms with van der Waals surface area (Å²) in [6.07, 6.45) is 4.45. The van der Waals surface area contributed by atoms with E-state index in [4.69, 9.17) is 4.42 Å². The Morgan fingerprint density at radius 3 is 2.93 bits per heavy atom. The van der Waals surface area contributed by atoms with Gasteiger partial charge >= 0.3 is 0 Å². The maximum atomic E-state index is 12.3. The maximum absolute atomic E-state index is 12.3. The molecule has 1 saturated heterocycles. The zero-order valence-electron chi connectivity index (χ0n) is 16.3. The summed E-state index contributed by atoms with van der Waals surface area (Å²) < 4.78 is 5.72. The number of β-amino-alcohol motifs (C(OH)–C–C–N with tert-alkyl or cyclic N) is 1. The molecular formula is C22H24N4O3. The van der Waals surface area contributed by atoms with E-state index in [1.807, 2.05) is 31.2 Å². The van der Waals surface area contributed by atoms with Crippen molar-refractivity contribution in [2.24, 2.45) is 0 Å². The molecule has 7 heteroatoms. The second-order valence-corrected chi connectivity index (χ2v) is 7.37. The molecule has 1 fully saturated rings. The largest absolute Gasteiger partial charge is 0.461 e. The first-order valence-electron chi connectivity index (χ1n) is 9.71. The van der Waals surface area contributed by atoms with E-state index in [-0.39, 0.29) is 17.6 Å². The molecule has 2 unspecified atom stereocenters. The molecule has 0 radical (unpaired) electrons. The Morgan fingerprint density at radius 2 is 2.21 bits per heavy atom. The summed E-state index contributed by atoms with van der Waals surface area (Å²) in [6.45, 7) is 3.94. The fraction of sp³-hybridized carbons (Fsp3) is 0.318. The third-order valence-electron chi connectivity index (χ3n) is 5.14. The molecule has 1 amide bonds. The molecule has 1 aliphatic rings. The van der Waals surface area contributed by atoms with Crippen LogP contribution in [-0.2, 0) is 6.54 Å². The molecule has 0 saturated carbocycles. The highest BCUT2D eigenvalue weighted by molar-refractivity contribution is 5.92. The number of aliphatic hydroxyl groups excluding tert-OH is 1. The number of piperidine rings is 1. The van der Waals surface area contributed by atoms with E-state index in [9.17, 15) is 9.90 Å². The number of furan rings is 1. The van der Waals surface area contributed by atoms with Crippen LogP contribution in [0, 0.1) is 6.92 Å². The quantitative estimate of drug-likeness (QED) is 0.693. The Kier molecular flexibility index (Phi) is 5.69. The molecule has 7 nitrogen and oxygen atoms in total. The van der Waals surface area contributed by atoms with E-state index in [1.54, 1.807) is 0 Å². The van der Waals surface area contributed by atoms with Crippen LogP contribution in [0.2, 0.25) is 0 Å². The van der Waals surface area contributed by atoms with Crippen LogP contribution in [0.4, 0.5) is 0 Å². The standard InChI is InChI=1S/C22H24N4O3/c1-15-5-6-21(29-15)17-4-2-3-16(11-17)13-26-10-7-18(20(27)14-26)25-22(28)19-12-23-8-9-24-19/h2-6,8-9,11-12,18,20,27H,7,10,13-14H2,1H3,(H,25,28). The highest BCUT2D eigenvalue weighted by Crippen LogP contribution is 2.24. The minimum Gasteiger partial charge on any atom is -0.461 e. The van der Waals surface area contributed by atoms with Crippen molar-refractivity contribution >= 4 is 5.91 Å². The van der Waals surface area contributed by atoms with Gasteiger partial charge < -0.3 is 14.8 Å². The van der Waals surface area contributed by atoms with Gasteiger partial charge in [-0.25, -0.2) is 4.98 Å². The van der Waals surface area contributed by atoms with E-state index < -0.39 is 6.10 Å². The van der Waals surface area contributed by atoms with Crippen LogP contribution in [0.15, 0.2) is 59.4 Å². The number of hydrogen-bond donors (Lipinski definition) is 2. The maximum Gasteiger partial charge on any atom is 0.271 e. The Bertz CT molecular complexity index is 973. The first-order chi connectivity index (χ1) is 14.1. The van der Waals surface area contributed by atoms with Crippen molar-refractivity contribution in [1.82, 2.24) is 20.2 Å². The van der Waals surface area contributed by atoms with Gasteiger partial charge in [-0.1, -0.05) is 18.2 Å². The minimum atomic E-state index is -0.639. The summed E-state index contributed by atoms with van der Waals surface area (Å²) in [5.41, 5.74) is 2.46. The minimum absolute atomic E-state index is 0.257. The molecule has 2 aromatic heterocycles. The van der Waals surface area contributed by atoms with Gasteiger partial charge in [0.1, 0.15) is 17.2 Å². The van der Waals surface area contributed by atoms with Gasteiger partial charge in [-0.3, -0.25) is 14.7 Å². The lowest BCUT2D eigenvalue weighted by Gasteiger charge is -2.36. The van der Waals surface area contributed by atoms with Crippen molar-refractivity contribution in [2.75, 3.05) is 13.1 Å². The van der Waals surface area contributed by atoms with E-state index in [2.05, 4.69) is 32.3 Å². The van der Waals surface area contributed by atoms with Crippen molar-refractivity contribution in [3.05, 3.63) is 72.0 Å². The number of aromatic nitrogens is 2. The van der Waals surface area contributed by atoms with Crippen LogP contribution in [-0.4, -0.2) is 51.1 Å². The number of carbonyl (C=O) groups excluding carboxylic acids is 1. The Morgan fingerprint density at radius 1 is 1.31 bits per heavy atom. The summed E-state index contributed by atoms with van der Waals surface area (Å²) in [6, 6.07) is 11.9. The third kappa shape index (κ3) is 4.70. The number of hydrogen-bond acceptors (Lipinski definition) is 6. The number of aliphatic hydroxyl groups is 1. The number of aryl methyl sites for hydroxylation is 1. The number of likely N-dealkylation sites (tertiary alicyclic amines) is 1. The number of carbonyl (C=O) groups is 1. The molecule has 0 bridgehead atoms. The number of rotatable bonds is 5. The number of nitrogens with one attached hydrogen (secondary N) is 1. The third-order valence-corrected chi connectivity index (χ3v) is 5.14. The van der Waals surface area contributed by atoms with Crippen molar-refractivity contribution in [1.29, 1.82) is 0 Å². The van der Waals surface area contributed by atoms with E-state index in [0.29, 0.717) is 13.0 Å². The van der Waals surface area contributed by atoms with E-state index in [0.717, 1.165) is 35.7 Å². The molecule has 0 aliphatic carbocycles. The lowest BCUT2D eigenvalue weighted by Crippen LogP contribution is -2.53. The second-order valence-electron chi connectivity index (χ2n) is 7.37. The van der Waals surface area contributed by atoms with Gasteiger partial charge in [-0.15, -0.1) is 0 Å². The molecule has 3 aromatic rings. The highest BCUT2D eigenvalue weighted by atomic mass is 16.3. The topological polar surface area (TPSA) is 91.5 Å². The lowest BCUT2D eigenvalue weighted by atomic mass is 10.0. The Hall–Kier alpha value is -3.03. The average molecular weight is 392 g/mol. The molecule has 3 heterocycles. The van der Waals surface area contributed by atoms with Crippen molar-refractivity contribution < 1.29 is 14.3 Å². The van der Waals surface area contributed by atoms with Gasteiger partial charge in [0.15, 0.2) is 0 Å². The first-order valence-corrected chi connectivity index (χ1v) is 9.71. The first kappa shape index (κ1) is 19.3. The molecule has 1 aromatic carbocycles. The number of benzene rings is 1. The van der Waals surface area contributed by atoms with Gasteiger partial charge in [0, 0.05) is 37.6 Å². The zero-order chi connectivity index (χ0) is 20.2. The van der Waals surface area contributed by atoms with Crippen LogP contribution in [0.25, 0.3) is 11.3 Å². The highest BCUT2D eigenvalue weighted by Gasteiger charge is 2.29. The molecule has 1 aliphatic heterocycles. The van der Waals surface area contributed by atoms with Gasteiger partial charge in [0.25, 0.3) is 5.91 Å². The van der Waals surface area contributed by atoms with Crippen LogP contribution < -0.4 is 5.32 Å². The summed E-state index contributed by atoms with van der Waals surface area (Å²) >= 11 is 0. The number of nitrogens with zero attached hydrogens (tertiary/aromatic N) is 3. The average Bonchev–Trinajstić information content (AvgIpc) is 3.17. The predicted octanol–water partition coefficient (Wildman–Crippen LogP) is 2.41. The Balaban J connectivity index is 1.35. The molecule has 4 rings (SSSR count). The number of amides is 1. The fourth-order valence-corrected chi connectivity index (χ4v) is 3.64. The summed E-state index contributed by atoms with van der Waals surface area (Å²) in [5, 5.41) is 13.4. The monoisotopic (exact) mass is 392 g/mol. The summed E-state index contributed by atoms with van der Waals surface area (Å²) in [7, 11) is 0. The van der Waals surface area contributed by atoms with E-state index in [1.165, 1.54) is 18.6 Å². The molecular weight excluding hydrogens is 368 g/mol. The van der Waals surface area contributed by atoms with Crippen LogP contribution in [0.5, 0.6) is 0 Å². The van der Waals surface area contributed by atoms with Gasteiger partial charge in [-0.2, -0.15) is 0 Å². The van der Waals surface area contributed by atoms with Crippen LogP contribution >= 0.6 is 0 Å². The second kappa shape index (κ2) is 8.55. The van der Waals surface area contributed by atoms with Gasteiger partial charge in [0.2, 0.25) is 0 Å². The SMILES string of the molecule is Cc1ccc(-c2cccc(CN3CCC(NC(=O)c4cnccn4)C(O)C3)c2)o1.